The van der Waals surface area contributed by atoms with Crippen LogP contribution in [0.4, 0.5) is 8.78 Å². The van der Waals surface area contributed by atoms with E-state index in [4.69, 9.17) is 9.15 Å². The number of nitrogens with zero attached hydrogens (tertiary/aromatic N) is 2. The topological polar surface area (TPSA) is 45.9 Å². The highest BCUT2D eigenvalue weighted by Gasteiger charge is 2.22. The second-order valence-corrected chi connectivity index (χ2v) is 8.16. The van der Waals surface area contributed by atoms with Gasteiger partial charge in [0.15, 0.2) is 0 Å². The number of carbonyl (C=O) groups is 1. The first kappa shape index (κ1) is 23.1. The lowest BCUT2D eigenvalue weighted by atomic mass is 10.0. The van der Waals surface area contributed by atoms with Crippen LogP contribution in [0.15, 0.2) is 71.3 Å². The van der Waals surface area contributed by atoms with Gasteiger partial charge in [-0.15, -0.1) is 0 Å². The maximum Gasteiger partial charge on any atom is 0.223 e. The molecule has 1 fully saturated rings. The fourth-order valence-corrected chi connectivity index (χ4v) is 4.02. The van der Waals surface area contributed by atoms with Crippen molar-refractivity contribution in [2.45, 2.75) is 18.9 Å². The lowest BCUT2D eigenvalue weighted by Gasteiger charge is -2.35. The molecular formula is C26H28F2N2O3. The summed E-state index contributed by atoms with van der Waals surface area (Å²) in [7, 11) is 0. The van der Waals surface area contributed by atoms with Gasteiger partial charge in [0.2, 0.25) is 5.91 Å². The van der Waals surface area contributed by atoms with E-state index < -0.39 is 6.10 Å². The van der Waals surface area contributed by atoms with Crippen molar-refractivity contribution in [1.82, 2.24) is 9.80 Å². The molecule has 0 atom stereocenters. The molecule has 0 spiro atoms. The minimum Gasteiger partial charge on any atom is -0.469 e. The molecule has 0 bridgehead atoms. The predicted octanol–water partition coefficient (Wildman–Crippen LogP) is 4.44. The third-order valence-corrected chi connectivity index (χ3v) is 5.93. The van der Waals surface area contributed by atoms with Gasteiger partial charge >= 0.3 is 0 Å². The van der Waals surface area contributed by atoms with E-state index in [0.717, 1.165) is 30.0 Å². The summed E-state index contributed by atoms with van der Waals surface area (Å²) < 4.78 is 38.2. The number of amides is 1. The van der Waals surface area contributed by atoms with Gasteiger partial charge in [0, 0.05) is 45.6 Å². The second-order valence-electron chi connectivity index (χ2n) is 8.16. The number of rotatable bonds is 9. The fraction of sp³-hybridized carbons (Fsp3) is 0.346. The minimum absolute atomic E-state index is 0.148. The molecule has 1 amide bonds. The molecule has 1 aromatic heterocycles. The average molecular weight is 455 g/mol. The highest BCUT2D eigenvalue weighted by Crippen LogP contribution is 2.26. The van der Waals surface area contributed by atoms with E-state index in [0.29, 0.717) is 39.1 Å². The average Bonchev–Trinajstić information content (AvgIpc) is 3.36. The zero-order chi connectivity index (χ0) is 23.0. The molecule has 0 saturated carbocycles. The van der Waals surface area contributed by atoms with Gasteiger partial charge in [-0.05, 0) is 47.5 Å². The van der Waals surface area contributed by atoms with Crippen LogP contribution in [0.3, 0.4) is 0 Å². The van der Waals surface area contributed by atoms with Gasteiger partial charge in [0.25, 0.3) is 0 Å². The van der Waals surface area contributed by atoms with Crippen LogP contribution in [-0.2, 0) is 16.0 Å². The SMILES string of the molecule is O=C(CCc1ccco1)N1CCN(CCOC(c2ccc(F)cc2)c2ccc(F)cc2)CC1. The van der Waals surface area contributed by atoms with Gasteiger partial charge in [-0.1, -0.05) is 24.3 Å². The highest BCUT2D eigenvalue weighted by atomic mass is 19.1. The summed E-state index contributed by atoms with van der Waals surface area (Å²) in [5.74, 6) is 0.354. The van der Waals surface area contributed by atoms with Crippen LogP contribution in [-0.4, -0.2) is 55.0 Å². The lowest BCUT2D eigenvalue weighted by molar-refractivity contribution is -0.133. The minimum atomic E-state index is -0.407. The van der Waals surface area contributed by atoms with E-state index in [1.807, 2.05) is 17.0 Å². The van der Waals surface area contributed by atoms with E-state index in [1.54, 1.807) is 30.5 Å². The Morgan fingerprint density at radius 3 is 2.06 bits per heavy atom. The van der Waals surface area contributed by atoms with Crippen molar-refractivity contribution in [3.63, 3.8) is 0 Å². The van der Waals surface area contributed by atoms with Gasteiger partial charge in [0.1, 0.15) is 23.5 Å². The Morgan fingerprint density at radius 2 is 1.52 bits per heavy atom. The first-order valence-corrected chi connectivity index (χ1v) is 11.2. The van der Waals surface area contributed by atoms with Crippen molar-refractivity contribution < 1.29 is 22.7 Å². The summed E-state index contributed by atoms with van der Waals surface area (Å²) in [5, 5.41) is 0. The molecule has 0 N–H and O–H groups in total. The first-order valence-electron chi connectivity index (χ1n) is 11.2. The number of piperazine rings is 1. The van der Waals surface area contributed by atoms with E-state index >= 15 is 0 Å². The van der Waals surface area contributed by atoms with E-state index in [9.17, 15) is 13.6 Å². The number of aryl methyl sites for hydroxylation is 1. The van der Waals surface area contributed by atoms with Crippen molar-refractivity contribution in [2.75, 3.05) is 39.3 Å². The molecule has 4 rings (SSSR count). The molecule has 174 valence electrons. The third kappa shape index (κ3) is 6.49. The maximum atomic E-state index is 13.4. The van der Waals surface area contributed by atoms with Crippen LogP contribution >= 0.6 is 0 Å². The normalized spacial score (nSPS) is 14.7. The Morgan fingerprint density at radius 1 is 0.909 bits per heavy atom. The fourth-order valence-electron chi connectivity index (χ4n) is 4.02. The Balaban J connectivity index is 1.26. The number of halogens is 2. The van der Waals surface area contributed by atoms with Crippen molar-refractivity contribution in [2.24, 2.45) is 0 Å². The zero-order valence-corrected chi connectivity index (χ0v) is 18.5. The van der Waals surface area contributed by atoms with Crippen LogP contribution in [0.1, 0.15) is 29.4 Å². The highest BCUT2D eigenvalue weighted by molar-refractivity contribution is 5.76. The van der Waals surface area contributed by atoms with Crippen molar-refractivity contribution in [1.29, 1.82) is 0 Å². The number of furan rings is 1. The van der Waals surface area contributed by atoms with Gasteiger partial charge in [-0.3, -0.25) is 9.69 Å². The number of benzene rings is 2. The van der Waals surface area contributed by atoms with Crippen LogP contribution in [0.5, 0.6) is 0 Å². The number of hydrogen-bond donors (Lipinski definition) is 0. The summed E-state index contributed by atoms with van der Waals surface area (Å²) in [6.07, 6.45) is 2.29. The molecule has 0 aliphatic carbocycles. The third-order valence-electron chi connectivity index (χ3n) is 5.93. The van der Waals surface area contributed by atoms with Crippen molar-refractivity contribution in [3.8, 4) is 0 Å². The molecule has 7 heteroatoms. The van der Waals surface area contributed by atoms with Gasteiger partial charge in [-0.2, -0.15) is 0 Å². The summed E-state index contributed by atoms with van der Waals surface area (Å²) in [5.41, 5.74) is 1.63. The largest absolute Gasteiger partial charge is 0.469 e. The molecule has 2 aromatic carbocycles. The second kappa shape index (κ2) is 11.2. The molecule has 0 unspecified atom stereocenters. The van der Waals surface area contributed by atoms with Crippen LogP contribution < -0.4 is 0 Å². The molecule has 5 nitrogen and oxygen atoms in total. The maximum absolute atomic E-state index is 13.4. The van der Waals surface area contributed by atoms with Crippen molar-refractivity contribution in [3.05, 3.63) is 95.4 Å². The quantitative estimate of drug-likeness (QED) is 0.480. The lowest BCUT2D eigenvalue weighted by Crippen LogP contribution is -2.49. The standard InChI is InChI=1S/C26H28F2N2O3/c27-22-7-3-20(4-8-22)26(21-5-9-23(28)10-6-21)33-19-17-29-13-15-30(16-14-29)25(31)12-11-24-2-1-18-32-24/h1-10,18,26H,11-17,19H2. The number of ether oxygens (including phenoxy) is 1. The van der Waals surface area contributed by atoms with Gasteiger partial charge in [-0.25, -0.2) is 8.78 Å². The summed E-state index contributed by atoms with van der Waals surface area (Å²) in [4.78, 5) is 16.6. The molecule has 2 heterocycles. The van der Waals surface area contributed by atoms with Gasteiger partial charge < -0.3 is 14.1 Å². The Labute approximate surface area is 192 Å². The summed E-state index contributed by atoms with van der Waals surface area (Å²) >= 11 is 0. The molecule has 1 aliphatic heterocycles. The van der Waals surface area contributed by atoms with Crippen LogP contribution in [0.2, 0.25) is 0 Å². The molecule has 33 heavy (non-hydrogen) atoms. The van der Waals surface area contributed by atoms with E-state index in [-0.39, 0.29) is 17.5 Å². The molecule has 1 aliphatic rings. The summed E-state index contributed by atoms with van der Waals surface area (Å²) in [6, 6.07) is 16.1. The smallest absolute Gasteiger partial charge is 0.223 e. The molecule has 0 radical (unpaired) electrons. The predicted molar refractivity (Wildman–Crippen MR) is 121 cm³/mol. The molecule has 3 aromatic rings. The Hall–Kier alpha value is -3.03. The van der Waals surface area contributed by atoms with E-state index in [1.165, 1.54) is 24.3 Å². The van der Waals surface area contributed by atoms with Crippen LogP contribution in [0.25, 0.3) is 0 Å². The molecular weight excluding hydrogens is 426 g/mol. The van der Waals surface area contributed by atoms with Crippen LogP contribution in [0, 0.1) is 11.6 Å². The zero-order valence-electron chi connectivity index (χ0n) is 18.5. The first-order chi connectivity index (χ1) is 16.1. The Bertz CT molecular complexity index is 954. The number of hydrogen-bond acceptors (Lipinski definition) is 4. The van der Waals surface area contributed by atoms with Crippen molar-refractivity contribution >= 4 is 5.91 Å². The van der Waals surface area contributed by atoms with Gasteiger partial charge in [0.05, 0.1) is 12.9 Å². The Kier molecular flexibility index (Phi) is 7.86. The molecule has 1 saturated heterocycles. The number of carbonyl (C=O) groups excluding carboxylic acids is 1. The van der Waals surface area contributed by atoms with E-state index in [2.05, 4.69) is 4.90 Å². The summed E-state index contributed by atoms with van der Waals surface area (Å²) in [6.45, 7) is 4.13. The monoisotopic (exact) mass is 454 g/mol.